The molecule has 0 spiro atoms. The normalized spacial score (nSPS) is 11.5. The van der Waals surface area contributed by atoms with Crippen molar-refractivity contribution >= 4 is 17.6 Å². The number of hydrogen-bond acceptors (Lipinski definition) is 5. The van der Waals surface area contributed by atoms with Gasteiger partial charge in [-0.3, -0.25) is 4.57 Å². The highest BCUT2D eigenvalue weighted by Gasteiger charge is 2.25. The van der Waals surface area contributed by atoms with Crippen LogP contribution in [0.25, 0.3) is 0 Å². The van der Waals surface area contributed by atoms with Gasteiger partial charge in [0.1, 0.15) is 6.04 Å². The topological polar surface area (TPSA) is 110 Å². The second kappa shape index (κ2) is 4.98. The van der Waals surface area contributed by atoms with Crippen LogP contribution in [0.4, 0.5) is 11.6 Å². The third-order valence-electron chi connectivity index (χ3n) is 2.02. The zero-order valence-electron chi connectivity index (χ0n) is 8.95. The highest BCUT2D eigenvalue weighted by Crippen LogP contribution is 2.22. The SMILES string of the molecule is C#CCC(Nc1c([N+](=O)[O-])ncn1C)C(=O)O. The summed E-state index contributed by atoms with van der Waals surface area (Å²) in [6.07, 6.45) is 6.15. The molecule has 1 rings (SSSR count). The lowest BCUT2D eigenvalue weighted by Gasteiger charge is -2.12. The lowest BCUT2D eigenvalue weighted by atomic mass is 10.2. The van der Waals surface area contributed by atoms with E-state index in [1.54, 1.807) is 0 Å². The summed E-state index contributed by atoms with van der Waals surface area (Å²) in [6, 6.07) is -1.09. The molecule has 1 aromatic rings. The van der Waals surface area contributed by atoms with Crippen LogP contribution in [0.2, 0.25) is 0 Å². The number of carbonyl (C=O) groups is 1. The van der Waals surface area contributed by atoms with E-state index in [1.165, 1.54) is 17.9 Å². The Balaban J connectivity index is 3.00. The first kappa shape index (κ1) is 12.5. The number of nitro groups is 1. The number of hydrogen-bond donors (Lipinski definition) is 2. The van der Waals surface area contributed by atoms with Gasteiger partial charge in [0.2, 0.25) is 12.1 Å². The van der Waals surface area contributed by atoms with Crippen molar-refractivity contribution in [3.05, 3.63) is 16.4 Å². The summed E-state index contributed by atoms with van der Waals surface area (Å²) in [5, 5.41) is 22.0. The Morgan fingerprint density at radius 1 is 1.88 bits per heavy atom. The van der Waals surface area contributed by atoms with Crippen LogP contribution in [0, 0.1) is 22.5 Å². The Hall–Kier alpha value is -2.56. The number of aliphatic carboxylic acids is 1. The first-order valence-corrected chi connectivity index (χ1v) is 4.56. The fourth-order valence-corrected chi connectivity index (χ4v) is 1.20. The molecule has 0 saturated heterocycles. The van der Waals surface area contributed by atoms with E-state index < -0.39 is 22.8 Å². The van der Waals surface area contributed by atoms with Gasteiger partial charge >= 0.3 is 11.8 Å². The average molecular weight is 238 g/mol. The second-order valence-corrected chi connectivity index (χ2v) is 3.23. The number of anilines is 1. The summed E-state index contributed by atoms with van der Waals surface area (Å²) in [4.78, 5) is 24.3. The van der Waals surface area contributed by atoms with Crippen LogP contribution >= 0.6 is 0 Å². The van der Waals surface area contributed by atoms with Gasteiger partial charge in [-0.05, 0) is 9.91 Å². The standard InChI is InChI=1S/C9H10N4O4/c1-3-4-6(9(14)15)11-8-7(13(16)17)10-5-12(8)2/h1,5-6,11H,4H2,2H3,(H,14,15). The van der Waals surface area contributed by atoms with Crippen LogP contribution in [0.15, 0.2) is 6.33 Å². The van der Waals surface area contributed by atoms with Crippen LogP contribution in [0.1, 0.15) is 6.42 Å². The molecule has 0 aromatic carbocycles. The van der Waals surface area contributed by atoms with Gasteiger partial charge in [0, 0.05) is 13.5 Å². The number of nitrogens with one attached hydrogen (secondary N) is 1. The number of rotatable bonds is 5. The lowest BCUT2D eigenvalue weighted by molar-refractivity contribution is -0.388. The van der Waals surface area contributed by atoms with Crippen molar-refractivity contribution in [2.45, 2.75) is 12.5 Å². The fourth-order valence-electron chi connectivity index (χ4n) is 1.20. The Morgan fingerprint density at radius 3 is 3.00 bits per heavy atom. The van der Waals surface area contributed by atoms with Gasteiger partial charge in [0.25, 0.3) is 0 Å². The van der Waals surface area contributed by atoms with E-state index in [0.29, 0.717) is 0 Å². The molecule has 1 aromatic heterocycles. The predicted molar refractivity (Wildman–Crippen MR) is 58.4 cm³/mol. The first-order chi connectivity index (χ1) is 7.97. The van der Waals surface area contributed by atoms with Crippen molar-refractivity contribution in [2.75, 3.05) is 5.32 Å². The minimum Gasteiger partial charge on any atom is -0.480 e. The molecule has 0 radical (unpaired) electrons. The maximum Gasteiger partial charge on any atom is 0.406 e. The molecule has 0 amide bonds. The molecule has 0 saturated carbocycles. The van der Waals surface area contributed by atoms with Crippen LogP contribution < -0.4 is 5.32 Å². The summed E-state index contributed by atoms with van der Waals surface area (Å²) in [5.74, 6) is 0.582. The minimum absolute atomic E-state index is 0.0117. The molecule has 2 N–H and O–H groups in total. The van der Waals surface area contributed by atoms with Gasteiger partial charge in [0.05, 0.1) is 0 Å². The van der Waals surface area contributed by atoms with E-state index in [2.05, 4.69) is 16.2 Å². The summed E-state index contributed by atoms with van der Waals surface area (Å²) in [6.45, 7) is 0. The highest BCUT2D eigenvalue weighted by molar-refractivity contribution is 5.78. The van der Waals surface area contributed by atoms with Crippen LogP contribution in [0.5, 0.6) is 0 Å². The molecule has 1 heterocycles. The van der Waals surface area contributed by atoms with E-state index in [0.717, 1.165) is 0 Å². The quantitative estimate of drug-likeness (QED) is 0.431. The van der Waals surface area contributed by atoms with Crippen molar-refractivity contribution in [2.24, 2.45) is 7.05 Å². The number of imidazole rings is 1. The van der Waals surface area contributed by atoms with E-state index in [1.807, 2.05) is 0 Å². The molecule has 8 heteroatoms. The molecule has 1 atom stereocenters. The number of carboxylic acid groups (broad SMARTS) is 1. The summed E-state index contributed by atoms with van der Waals surface area (Å²) >= 11 is 0. The monoisotopic (exact) mass is 238 g/mol. The Bertz CT molecular complexity index is 488. The molecular formula is C9H10N4O4. The molecule has 0 aliphatic carbocycles. The zero-order chi connectivity index (χ0) is 13.0. The van der Waals surface area contributed by atoms with Gasteiger partial charge in [-0.15, -0.1) is 12.3 Å². The van der Waals surface area contributed by atoms with Crippen molar-refractivity contribution in [3.8, 4) is 12.3 Å². The number of carboxylic acids is 1. The molecule has 1 unspecified atom stereocenters. The number of nitrogens with zero attached hydrogens (tertiary/aromatic N) is 3. The van der Waals surface area contributed by atoms with Gasteiger partial charge in [-0.1, -0.05) is 0 Å². The Morgan fingerprint density at radius 2 is 2.53 bits per heavy atom. The third kappa shape index (κ3) is 2.72. The number of terminal acetylenes is 1. The highest BCUT2D eigenvalue weighted by atomic mass is 16.6. The Labute approximate surface area is 96.4 Å². The molecule has 90 valence electrons. The van der Waals surface area contributed by atoms with Crippen molar-refractivity contribution in [3.63, 3.8) is 0 Å². The average Bonchev–Trinajstić information content (AvgIpc) is 2.59. The van der Waals surface area contributed by atoms with Gasteiger partial charge < -0.3 is 20.5 Å². The molecule has 8 nitrogen and oxygen atoms in total. The first-order valence-electron chi connectivity index (χ1n) is 4.56. The largest absolute Gasteiger partial charge is 0.480 e. The zero-order valence-corrected chi connectivity index (χ0v) is 8.95. The molecule has 0 fully saturated rings. The number of aryl methyl sites for hydroxylation is 1. The van der Waals surface area contributed by atoms with E-state index in [4.69, 9.17) is 11.5 Å². The molecular weight excluding hydrogens is 228 g/mol. The molecule has 0 aliphatic rings. The van der Waals surface area contributed by atoms with E-state index in [9.17, 15) is 14.9 Å². The van der Waals surface area contributed by atoms with Crippen LogP contribution in [-0.2, 0) is 11.8 Å². The van der Waals surface area contributed by atoms with E-state index in [-0.39, 0.29) is 12.2 Å². The van der Waals surface area contributed by atoms with Gasteiger partial charge in [-0.25, -0.2) is 4.79 Å². The van der Waals surface area contributed by atoms with E-state index >= 15 is 0 Å². The maximum atomic E-state index is 10.9. The predicted octanol–water partition coefficient (Wildman–Crippen LogP) is 0.217. The van der Waals surface area contributed by atoms with Crippen LogP contribution in [0.3, 0.4) is 0 Å². The summed E-state index contributed by atoms with van der Waals surface area (Å²) in [7, 11) is 1.51. The lowest BCUT2D eigenvalue weighted by Crippen LogP contribution is -2.29. The van der Waals surface area contributed by atoms with Crippen molar-refractivity contribution in [1.29, 1.82) is 0 Å². The summed E-state index contributed by atoms with van der Waals surface area (Å²) < 4.78 is 1.32. The summed E-state index contributed by atoms with van der Waals surface area (Å²) in [5.41, 5.74) is 0. The van der Waals surface area contributed by atoms with Gasteiger partial charge in [0.15, 0.2) is 0 Å². The second-order valence-electron chi connectivity index (χ2n) is 3.23. The van der Waals surface area contributed by atoms with Gasteiger partial charge in [-0.2, -0.15) is 0 Å². The van der Waals surface area contributed by atoms with Crippen molar-refractivity contribution in [1.82, 2.24) is 9.55 Å². The Kier molecular flexibility index (Phi) is 3.66. The molecule has 0 bridgehead atoms. The molecule has 0 aliphatic heterocycles. The molecule has 17 heavy (non-hydrogen) atoms. The number of aromatic nitrogens is 2. The third-order valence-corrected chi connectivity index (χ3v) is 2.02. The smallest absolute Gasteiger partial charge is 0.406 e. The van der Waals surface area contributed by atoms with Crippen LogP contribution in [-0.4, -0.2) is 31.6 Å². The minimum atomic E-state index is -1.18. The van der Waals surface area contributed by atoms with Crippen molar-refractivity contribution < 1.29 is 14.8 Å². The maximum absolute atomic E-state index is 10.9. The fraction of sp³-hybridized carbons (Fsp3) is 0.333.